The lowest BCUT2D eigenvalue weighted by Gasteiger charge is -2.42. The van der Waals surface area contributed by atoms with Gasteiger partial charge in [0.05, 0.1) is 20.6 Å². The normalized spacial score (nSPS) is 20.6. The van der Waals surface area contributed by atoms with Gasteiger partial charge in [0.2, 0.25) is 5.91 Å². The first kappa shape index (κ1) is 16.6. The van der Waals surface area contributed by atoms with Crippen LogP contribution in [-0.2, 0) is 11.2 Å². The van der Waals surface area contributed by atoms with Crippen LogP contribution in [0.1, 0.15) is 25.8 Å². The van der Waals surface area contributed by atoms with E-state index in [-0.39, 0.29) is 23.8 Å². The highest BCUT2D eigenvalue weighted by molar-refractivity contribution is 5.80. The Kier molecular flexibility index (Phi) is 4.96. The molecule has 0 radical (unpaired) electrons. The summed E-state index contributed by atoms with van der Waals surface area (Å²) in [6, 6.07) is 5.69. The van der Waals surface area contributed by atoms with E-state index in [4.69, 9.17) is 15.2 Å². The lowest BCUT2D eigenvalue weighted by atomic mass is 9.79. The van der Waals surface area contributed by atoms with Crippen LogP contribution < -0.4 is 15.2 Å². The van der Waals surface area contributed by atoms with Crippen LogP contribution in [0, 0.1) is 5.41 Å². The van der Waals surface area contributed by atoms with Crippen LogP contribution in [0.15, 0.2) is 18.2 Å². The van der Waals surface area contributed by atoms with E-state index in [1.165, 1.54) is 0 Å². The van der Waals surface area contributed by atoms with Crippen LogP contribution in [0.25, 0.3) is 0 Å². The summed E-state index contributed by atoms with van der Waals surface area (Å²) in [4.78, 5) is 14.6. The molecule has 2 N–H and O–H groups in total. The van der Waals surface area contributed by atoms with Crippen molar-refractivity contribution in [2.24, 2.45) is 11.1 Å². The van der Waals surface area contributed by atoms with Crippen LogP contribution in [0.5, 0.6) is 11.5 Å². The van der Waals surface area contributed by atoms with Crippen molar-refractivity contribution in [1.29, 1.82) is 0 Å². The Morgan fingerprint density at radius 1 is 1.32 bits per heavy atom. The van der Waals surface area contributed by atoms with Gasteiger partial charge in [0, 0.05) is 24.7 Å². The summed E-state index contributed by atoms with van der Waals surface area (Å²) in [6.07, 6.45) is 1.11. The van der Waals surface area contributed by atoms with Gasteiger partial charge in [0.25, 0.3) is 0 Å². The topological polar surface area (TPSA) is 64.8 Å². The molecule has 0 aliphatic carbocycles. The zero-order valence-electron chi connectivity index (χ0n) is 13.9. The zero-order chi connectivity index (χ0) is 16.3. The predicted molar refractivity (Wildman–Crippen MR) is 86.2 cm³/mol. The van der Waals surface area contributed by atoms with E-state index in [1.807, 2.05) is 23.1 Å². The minimum atomic E-state index is -0.0568. The van der Waals surface area contributed by atoms with Crippen molar-refractivity contribution in [2.45, 2.75) is 32.7 Å². The SMILES string of the molecule is COc1cccc(OC)c1CC(=O)N1CCC(N)C(C)(C)C1. The molecule has 1 atom stereocenters. The van der Waals surface area contributed by atoms with Gasteiger partial charge in [0.15, 0.2) is 0 Å². The van der Waals surface area contributed by atoms with Crippen molar-refractivity contribution in [3.63, 3.8) is 0 Å². The molecular weight excluding hydrogens is 280 g/mol. The van der Waals surface area contributed by atoms with Crippen LogP contribution >= 0.6 is 0 Å². The second-order valence-electron chi connectivity index (χ2n) is 6.52. The van der Waals surface area contributed by atoms with Gasteiger partial charge in [-0.05, 0) is 24.0 Å². The molecule has 0 bridgehead atoms. The molecule has 1 aliphatic heterocycles. The number of methoxy groups -OCH3 is 2. The number of carbonyl (C=O) groups is 1. The number of amides is 1. The predicted octanol–water partition coefficient (Wildman–Crippen LogP) is 1.83. The van der Waals surface area contributed by atoms with Crippen molar-refractivity contribution in [2.75, 3.05) is 27.3 Å². The highest BCUT2D eigenvalue weighted by Gasteiger charge is 2.35. The van der Waals surface area contributed by atoms with Crippen molar-refractivity contribution >= 4 is 5.91 Å². The van der Waals surface area contributed by atoms with E-state index in [2.05, 4.69) is 13.8 Å². The fraction of sp³-hybridized carbons (Fsp3) is 0.588. The van der Waals surface area contributed by atoms with Crippen LogP contribution in [0.2, 0.25) is 0 Å². The first-order valence-corrected chi connectivity index (χ1v) is 7.62. The molecular formula is C17H26N2O3. The third kappa shape index (κ3) is 3.35. The van der Waals surface area contributed by atoms with Crippen molar-refractivity contribution in [3.8, 4) is 11.5 Å². The van der Waals surface area contributed by atoms with Crippen LogP contribution in [0.4, 0.5) is 0 Å². The smallest absolute Gasteiger partial charge is 0.227 e. The number of rotatable bonds is 4. The summed E-state index contributed by atoms with van der Waals surface area (Å²) in [5.41, 5.74) is 6.88. The maximum Gasteiger partial charge on any atom is 0.227 e. The fourth-order valence-corrected chi connectivity index (χ4v) is 2.95. The van der Waals surface area contributed by atoms with Gasteiger partial charge in [-0.1, -0.05) is 19.9 Å². The van der Waals surface area contributed by atoms with Crippen molar-refractivity contribution < 1.29 is 14.3 Å². The largest absolute Gasteiger partial charge is 0.496 e. The number of nitrogens with zero attached hydrogens (tertiary/aromatic N) is 1. The Balaban J connectivity index is 2.16. The molecule has 5 nitrogen and oxygen atoms in total. The molecule has 1 fully saturated rings. The zero-order valence-corrected chi connectivity index (χ0v) is 13.9. The highest BCUT2D eigenvalue weighted by atomic mass is 16.5. The van der Waals surface area contributed by atoms with E-state index < -0.39 is 0 Å². The van der Waals surface area contributed by atoms with Gasteiger partial charge in [0.1, 0.15) is 11.5 Å². The molecule has 1 heterocycles. The third-order valence-electron chi connectivity index (χ3n) is 4.52. The van der Waals surface area contributed by atoms with Gasteiger partial charge in [-0.2, -0.15) is 0 Å². The quantitative estimate of drug-likeness (QED) is 0.922. The van der Waals surface area contributed by atoms with Crippen molar-refractivity contribution in [3.05, 3.63) is 23.8 Å². The van der Waals surface area contributed by atoms with E-state index in [0.29, 0.717) is 24.6 Å². The Bertz CT molecular complexity index is 520. The lowest BCUT2D eigenvalue weighted by molar-refractivity contribution is -0.133. The Morgan fingerprint density at radius 3 is 2.41 bits per heavy atom. The summed E-state index contributed by atoms with van der Waals surface area (Å²) in [5, 5.41) is 0. The number of carbonyl (C=O) groups excluding carboxylic acids is 1. The molecule has 1 aromatic carbocycles. The van der Waals surface area contributed by atoms with Gasteiger partial charge in [-0.25, -0.2) is 0 Å². The van der Waals surface area contributed by atoms with E-state index in [0.717, 1.165) is 12.0 Å². The molecule has 1 saturated heterocycles. The molecule has 2 rings (SSSR count). The van der Waals surface area contributed by atoms with Gasteiger partial charge >= 0.3 is 0 Å². The molecule has 1 amide bonds. The van der Waals surface area contributed by atoms with Crippen LogP contribution in [0.3, 0.4) is 0 Å². The molecule has 0 aromatic heterocycles. The molecule has 1 unspecified atom stereocenters. The average Bonchev–Trinajstić information content (AvgIpc) is 2.50. The summed E-state index contributed by atoms with van der Waals surface area (Å²) in [7, 11) is 3.21. The highest BCUT2D eigenvalue weighted by Crippen LogP contribution is 2.31. The number of hydrogen-bond donors (Lipinski definition) is 1. The van der Waals surface area contributed by atoms with Crippen LogP contribution in [-0.4, -0.2) is 44.2 Å². The first-order valence-electron chi connectivity index (χ1n) is 7.62. The molecule has 0 saturated carbocycles. The number of nitrogens with two attached hydrogens (primary N) is 1. The van der Waals surface area contributed by atoms with Crippen molar-refractivity contribution in [1.82, 2.24) is 4.90 Å². The second kappa shape index (κ2) is 6.57. The standard InChI is InChI=1S/C17H26N2O3/c1-17(2)11-19(9-8-15(17)18)16(20)10-12-13(21-3)6-5-7-14(12)22-4/h5-7,15H,8-11,18H2,1-4H3. The number of hydrogen-bond acceptors (Lipinski definition) is 4. The number of benzene rings is 1. The number of likely N-dealkylation sites (tertiary alicyclic amines) is 1. The first-order chi connectivity index (χ1) is 10.4. The molecule has 22 heavy (non-hydrogen) atoms. The number of ether oxygens (including phenoxy) is 2. The molecule has 0 spiro atoms. The summed E-state index contributed by atoms with van der Waals surface area (Å²) in [6.45, 7) is 5.62. The summed E-state index contributed by atoms with van der Waals surface area (Å²) >= 11 is 0. The Labute approximate surface area is 132 Å². The molecule has 1 aromatic rings. The second-order valence-corrected chi connectivity index (χ2v) is 6.52. The summed E-state index contributed by atoms with van der Waals surface area (Å²) < 4.78 is 10.7. The Hall–Kier alpha value is -1.75. The van der Waals surface area contributed by atoms with E-state index >= 15 is 0 Å². The fourth-order valence-electron chi connectivity index (χ4n) is 2.95. The third-order valence-corrected chi connectivity index (χ3v) is 4.52. The molecule has 1 aliphatic rings. The van der Waals surface area contributed by atoms with E-state index in [9.17, 15) is 4.79 Å². The van der Waals surface area contributed by atoms with Gasteiger partial charge in [-0.15, -0.1) is 0 Å². The van der Waals surface area contributed by atoms with E-state index in [1.54, 1.807) is 14.2 Å². The Morgan fingerprint density at radius 2 is 1.91 bits per heavy atom. The average molecular weight is 306 g/mol. The summed E-state index contributed by atoms with van der Waals surface area (Å²) in [5.74, 6) is 1.45. The molecule has 122 valence electrons. The van der Waals surface area contributed by atoms with Gasteiger partial charge in [-0.3, -0.25) is 4.79 Å². The minimum Gasteiger partial charge on any atom is -0.496 e. The lowest BCUT2D eigenvalue weighted by Crippen LogP contribution is -2.54. The maximum atomic E-state index is 12.7. The van der Waals surface area contributed by atoms with Gasteiger partial charge < -0.3 is 20.1 Å². The minimum absolute atomic E-state index is 0.0568. The number of piperidine rings is 1. The molecule has 5 heteroatoms. The maximum absolute atomic E-state index is 12.7. The monoisotopic (exact) mass is 306 g/mol.